The van der Waals surface area contributed by atoms with Crippen molar-refractivity contribution in [1.29, 1.82) is 0 Å². The van der Waals surface area contributed by atoms with Crippen LogP contribution in [0.3, 0.4) is 0 Å². The molecule has 1 rings (SSSR count). The number of aliphatic hydroxyl groups is 1. The highest BCUT2D eigenvalue weighted by atomic mass is 16.2. The second kappa shape index (κ2) is 6.92. The van der Waals surface area contributed by atoms with Gasteiger partial charge in [-0.05, 0) is 19.1 Å². The molecule has 0 atom stereocenters. The van der Waals surface area contributed by atoms with Crippen molar-refractivity contribution in [2.75, 3.05) is 24.6 Å². The molecule has 0 saturated carbocycles. The number of hydrogen-bond acceptors (Lipinski definition) is 2. The first-order chi connectivity index (χ1) is 7.38. The molecule has 0 bridgehead atoms. The standard InChI is InChI=1S/C13H17NO/c1-2-14(11-7-4-8-12-15)13-9-5-3-6-10-13/h3,5-6,9-10,15H,2,8,11-12H2,1H3. The fourth-order valence-corrected chi connectivity index (χ4v) is 1.32. The van der Waals surface area contributed by atoms with Crippen molar-refractivity contribution >= 4 is 5.69 Å². The molecular weight excluding hydrogens is 186 g/mol. The van der Waals surface area contributed by atoms with Crippen molar-refractivity contribution in [3.05, 3.63) is 30.3 Å². The highest BCUT2D eigenvalue weighted by molar-refractivity contribution is 5.46. The van der Waals surface area contributed by atoms with E-state index in [0.717, 1.165) is 13.1 Å². The number of aliphatic hydroxyl groups excluding tert-OH is 1. The normalized spacial score (nSPS) is 9.20. The lowest BCUT2D eigenvalue weighted by atomic mass is 10.3. The van der Waals surface area contributed by atoms with E-state index in [2.05, 4.69) is 35.8 Å². The molecule has 0 unspecified atom stereocenters. The van der Waals surface area contributed by atoms with Gasteiger partial charge in [0.25, 0.3) is 0 Å². The summed E-state index contributed by atoms with van der Waals surface area (Å²) in [7, 11) is 0. The summed E-state index contributed by atoms with van der Waals surface area (Å²) in [5.41, 5.74) is 1.19. The van der Waals surface area contributed by atoms with Gasteiger partial charge in [-0.25, -0.2) is 0 Å². The van der Waals surface area contributed by atoms with E-state index >= 15 is 0 Å². The van der Waals surface area contributed by atoms with Gasteiger partial charge in [0, 0.05) is 18.7 Å². The van der Waals surface area contributed by atoms with Crippen LogP contribution < -0.4 is 4.90 Å². The fraction of sp³-hybridized carbons (Fsp3) is 0.385. The van der Waals surface area contributed by atoms with Crippen LogP contribution in [0.5, 0.6) is 0 Å². The van der Waals surface area contributed by atoms with Crippen LogP contribution in [-0.4, -0.2) is 24.8 Å². The van der Waals surface area contributed by atoms with E-state index < -0.39 is 0 Å². The molecular formula is C13H17NO. The summed E-state index contributed by atoms with van der Waals surface area (Å²) in [5, 5.41) is 8.59. The Morgan fingerprint density at radius 1 is 1.20 bits per heavy atom. The predicted octanol–water partition coefficient (Wildman–Crippen LogP) is 1.90. The van der Waals surface area contributed by atoms with Crippen molar-refractivity contribution in [3.63, 3.8) is 0 Å². The number of benzene rings is 1. The maximum atomic E-state index is 8.59. The minimum Gasteiger partial charge on any atom is -0.395 e. The summed E-state index contributed by atoms with van der Waals surface area (Å²) in [4.78, 5) is 2.20. The zero-order chi connectivity index (χ0) is 10.9. The van der Waals surface area contributed by atoms with Crippen LogP contribution >= 0.6 is 0 Å². The lowest BCUT2D eigenvalue weighted by Gasteiger charge is -2.19. The first-order valence-electron chi connectivity index (χ1n) is 5.25. The Morgan fingerprint density at radius 3 is 2.53 bits per heavy atom. The van der Waals surface area contributed by atoms with E-state index in [1.165, 1.54) is 5.69 Å². The summed E-state index contributed by atoms with van der Waals surface area (Å²) in [6, 6.07) is 10.2. The SMILES string of the molecule is CCN(CC#CCCO)c1ccccc1. The summed E-state index contributed by atoms with van der Waals surface area (Å²) in [6.45, 7) is 3.92. The zero-order valence-corrected chi connectivity index (χ0v) is 9.11. The van der Waals surface area contributed by atoms with Gasteiger partial charge in [0.2, 0.25) is 0 Å². The van der Waals surface area contributed by atoms with Gasteiger partial charge in [-0.2, -0.15) is 0 Å². The molecule has 2 heteroatoms. The molecule has 1 aromatic carbocycles. The molecule has 80 valence electrons. The first kappa shape index (κ1) is 11.6. The zero-order valence-electron chi connectivity index (χ0n) is 9.11. The topological polar surface area (TPSA) is 23.5 Å². The van der Waals surface area contributed by atoms with Gasteiger partial charge in [0.15, 0.2) is 0 Å². The lowest BCUT2D eigenvalue weighted by Crippen LogP contribution is -2.22. The van der Waals surface area contributed by atoms with Crippen LogP contribution in [0.1, 0.15) is 13.3 Å². The highest BCUT2D eigenvalue weighted by Crippen LogP contribution is 2.11. The number of nitrogens with zero attached hydrogens (tertiary/aromatic N) is 1. The van der Waals surface area contributed by atoms with E-state index in [4.69, 9.17) is 5.11 Å². The summed E-state index contributed by atoms with van der Waals surface area (Å²) in [5.74, 6) is 5.98. The van der Waals surface area contributed by atoms with E-state index in [-0.39, 0.29) is 6.61 Å². The van der Waals surface area contributed by atoms with Crippen molar-refractivity contribution in [3.8, 4) is 11.8 Å². The van der Waals surface area contributed by atoms with Crippen LogP contribution in [0, 0.1) is 11.8 Å². The predicted molar refractivity (Wildman–Crippen MR) is 63.8 cm³/mol. The minimum absolute atomic E-state index is 0.143. The molecule has 1 N–H and O–H groups in total. The maximum absolute atomic E-state index is 8.59. The number of anilines is 1. The Bertz CT molecular complexity index is 323. The van der Waals surface area contributed by atoms with Gasteiger partial charge in [0.1, 0.15) is 0 Å². The molecule has 0 aliphatic rings. The molecule has 1 aromatic rings. The number of rotatable bonds is 4. The molecule has 0 aromatic heterocycles. The highest BCUT2D eigenvalue weighted by Gasteiger charge is 1.99. The van der Waals surface area contributed by atoms with E-state index in [9.17, 15) is 0 Å². The molecule has 0 aliphatic heterocycles. The Balaban J connectivity index is 2.55. The first-order valence-corrected chi connectivity index (χ1v) is 5.25. The largest absolute Gasteiger partial charge is 0.395 e. The van der Waals surface area contributed by atoms with Crippen LogP contribution in [-0.2, 0) is 0 Å². The van der Waals surface area contributed by atoms with Crippen molar-refractivity contribution in [2.24, 2.45) is 0 Å². The molecule has 0 saturated heterocycles. The Hall–Kier alpha value is -1.46. The molecule has 0 heterocycles. The van der Waals surface area contributed by atoms with Crippen LogP contribution in [0.15, 0.2) is 30.3 Å². The minimum atomic E-state index is 0.143. The average Bonchev–Trinajstić information content (AvgIpc) is 2.30. The van der Waals surface area contributed by atoms with E-state index in [0.29, 0.717) is 6.42 Å². The van der Waals surface area contributed by atoms with Gasteiger partial charge in [-0.15, -0.1) is 0 Å². The molecule has 0 amide bonds. The Morgan fingerprint density at radius 2 is 1.93 bits per heavy atom. The molecule has 0 fully saturated rings. The third-order valence-electron chi connectivity index (χ3n) is 2.13. The van der Waals surface area contributed by atoms with Gasteiger partial charge < -0.3 is 10.0 Å². The summed E-state index contributed by atoms with van der Waals surface area (Å²) in [6.07, 6.45) is 0.562. The smallest absolute Gasteiger partial charge is 0.0794 e. The van der Waals surface area contributed by atoms with Crippen molar-refractivity contribution in [2.45, 2.75) is 13.3 Å². The van der Waals surface area contributed by atoms with Gasteiger partial charge in [-0.1, -0.05) is 30.0 Å². The van der Waals surface area contributed by atoms with Crippen LogP contribution in [0.25, 0.3) is 0 Å². The van der Waals surface area contributed by atoms with E-state index in [1.54, 1.807) is 0 Å². The Labute approximate surface area is 91.5 Å². The third-order valence-corrected chi connectivity index (χ3v) is 2.13. The Kier molecular flexibility index (Phi) is 5.35. The maximum Gasteiger partial charge on any atom is 0.0794 e. The third kappa shape index (κ3) is 4.05. The van der Waals surface area contributed by atoms with Gasteiger partial charge in [-0.3, -0.25) is 0 Å². The fourth-order valence-electron chi connectivity index (χ4n) is 1.32. The molecule has 0 aliphatic carbocycles. The summed E-state index contributed by atoms with van der Waals surface area (Å²) < 4.78 is 0. The number of hydrogen-bond donors (Lipinski definition) is 1. The monoisotopic (exact) mass is 203 g/mol. The molecule has 2 nitrogen and oxygen atoms in total. The summed E-state index contributed by atoms with van der Waals surface area (Å²) >= 11 is 0. The van der Waals surface area contributed by atoms with Gasteiger partial charge in [0.05, 0.1) is 13.2 Å². The van der Waals surface area contributed by atoms with Crippen molar-refractivity contribution in [1.82, 2.24) is 0 Å². The molecule has 0 spiro atoms. The second-order valence-electron chi connectivity index (χ2n) is 3.18. The quantitative estimate of drug-likeness (QED) is 0.755. The van der Waals surface area contributed by atoms with Crippen LogP contribution in [0.4, 0.5) is 5.69 Å². The second-order valence-corrected chi connectivity index (χ2v) is 3.18. The lowest BCUT2D eigenvalue weighted by molar-refractivity contribution is 0.305. The van der Waals surface area contributed by atoms with E-state index in [1.807, 2.05) is 18.2 Å². The average molecular weight is 203 g/mol. The molecule has 15 heavy (non-hydrogen) atoms. The van der Waals surface area contributed by atoms with Crippen molar-refractivity contribution < 1.29 is 5.11 Å². The molecule has 0 radical (unpaired) electrons. The van der Waals surface area contributed by atoms with Crippen LogP contribution in [0.2, 0.25) is 0 Å². The number of para-hydroxylation sites is 1. The van der Waals surface area contributed by atoms with Gasteiger partial charge >= 0.3 is 0 Å².